The van der Waals surface area contributed by atoms with Gasteiger partial charge in [-0.1, -0.05) is 27.2 Å². The van der Waals surface area contributed by atoms with E-state index < -0.39 is 0 Å². The molecule has 2 nitrogen and oxygen atoms in total. The highest BCUT2D eigenvalue weighted by atomic mass is 14.9. The van der Waals surface area contributed by atoms with Crippen molar-refractivity contribution in [1.29, 1.82) is 5.41 Å². The van der Waals surface area contributed by atoms with Crippen molar-refractivity contribution in [2.45, 2.75) is 52.5 Å². The Bertz CT molecular complexity index is 141. The summed E-state index contributed by atoms with van der Waals surface area (Å²) in [5, 5.41) is 11.1. The fraction of sp³-hybridized carbons (Fsp3) is 0.909. The summed E-state index contributed by atoms with van der Waals surface area (Å²) in [5.74, 6) is 0.666. The van der Waals surface area contributed by atoms with Gasteiger partial charge in [-0.15, -0.1) is 0 Å². The third-order valence-electron chi connectivity index (χ3n) is 2.28. The Hall–Kier alpha value is -0.370. The molecular formula is C11H24N2. The van der Waals surface area contributed by atoms with Gasteiger partial charge in [0.2, 0.25) is 0 Å². The maximum Gasteiger partial charge on any atom is 0.0448 e. The molecule has 2 N–H and O–H groups in total. The first-order chi connectivity index (χ1) is 6.11. The predicted octanol–water partition coefficient (Wildman–Crippen LogP) is 2.83. The smallest absolute Gasteiger partial charge is 0.0448 e. The van der Waals surface area contributed by atoms with Crippen LogP contribution < -0.4 is 5.32 Å². The normalized spacial score (nSPS) is 13.3. The summed E-state index contributed by atoms with van der Waals surface area (Å²) >= 11 is 0. The van der Waals surface area contributed by atoms with E-state index in [1.165, 1.54) is 6.42 Å². The first-order valence-electron chi connectivity index (χ1n) is 5.36. The average Bonchev–Trinajstić information content (AvgIpc) is 2.09. The molecule has 2 heteroatoms. The van der Waals surface area contributed by atoms with Crippen molar-refractivity contribution in [3.8, 4) is 0 Å². The largest absolute Gasteiger partial charge is 0.312 e. The van der Waals surface area contributed by atoms with Gasteiger partial charge >= 0.3 is 0 Å². The van der Waals surface area contributed by atoms with Gasteiger partial charge in [0.15, 0.2) is 0 Å². The van der Waals surface area contributed by atoms with E-state index in [0.29, 0.717) is 12.0 Å². The molecule has 0 fully saturated rings. The molecular weight excluding hydrogens is 160 g/mol. The second-order valence-electron chi connectivity index (χ2n) is 4.10. The van der Waals surface area contributed by atoms with E-state index in [1.807, 2.05) is 7.05 Å². The quantitative estimate of drug-likeness (QED) is 0.586. The molecule has 0 aliphatic rings. The maximum atomic E-state index is 7.88. The Morgan fingerprint density at radius 2 is 2.00 bits per heavy atom. The number of hydrogen-bond donors (Lipinski definition) is 2. The minimum Gasteiger partial charge on any atom is -0.312 e. The van der Waals surface area contributed by atoms with Crippen LogP contribution in [-0.4, -0.2) is 18.8 Å². The number of unbranched alkanes of at least 4 members (excludes halogenated alkanes) is 1. The third-order valence-corrected chi connectivity index (χ3v) is 2.28. The minimum atomic E-state index is 0.298. The molecule has 0 aliphatic heterocycles. The molecule has 0 aliphatic carbocycles. The molecule has 0 aromatic carbocycles. The van der Waals surface area contributed by atoms with Crippen LogP contribution >= 0.6 is 0 Å². The molecule has 0 bridgehead atoms. The summed E-state index contributed by atoms with van der Waals surface area (Å²) < 4.78 is 0. The van der Waals surface area contributed by atoms with Crippen molar-refractivity contribution in [3.63, 3.8) is 0 Å². The van der Waals surface area contributed by atoms with Crippen molar-refractivity contribution in [2.75, 3.05) is 7.05 Å². The summed E-state index contributed by atoms with van der Waals surface area (Å²) in [6.07, 6.45) is 4.36. The Labute approximate surface area is 82.6 Å². The maximum absolute atomic E-state index is 7.88. The molecule has 1 atom stereocenters. The number of hydrogen-bond acceptors (Lipinski definition) is 2. The van der Waals surface area contributed by atoms with Crippen molar-refractivity contribution in [1.82, 2.24) is 5.32 Å². The summed E-state index contributed by atoms with van der Waals surface area (Å²) in [6, 6.07) is 0.298. The molecule has 0 rings (SSSR count). The predicted molar refractivity (Wildman–Crippen MR) is 59.6 cm³/mol. The van der Waals surface area contributed by atoms with Gasteiger partial charge < -0.3 is 10.7 Å². The molecule has 1 unspecified atom stereocenters. The fourth-order valence-electron chi connectivity index (χ4n) is 1.45. The van der Waals surface area contributed by atoms with E-state index in [1.54, 1.807) is 0 Å². The topological polar surface area (TPSA) is 35.9 Å². The molecule has 0 radical (unpaired) electrons. The Kier molecular flexibility index (Phi) is 6.87. The van der Waals surface area contributed by atoms with E-state index in [2.05, 4.69) is 26.1 Å². The molecule has 13 heavy (non-hydrogen) atoms. The summed E-state index contributed by atoms with van der Waals surface area (Å²) in [7, 11) is 1.95. The zero-order valence-corrected chi connectivity index (χ0v) is 9.48. The lowest BCUT2D eigenvalue weighted by Crippen LogP contribution is -2.34. The van der Waals surface area contributed by atoms with Crippen LogP contribution in [0.2, 0.25) is 0 Å². The highest BCUT2D eigenvalue weighted by molar-refractivity contribution is 5.86. The lowest BCUT2D eigenvalue weighted by Gasteiger charge is -2.19. The summed E-state index contributed by atoms with van der Waals surface area (Å²) in [5.41, 5.74) is 0.873. The van der Waals surface area contributed by atoms with Crippen molar-refractivity contribution >= 4 is 5.71 Å². The van der Waals surface area contributed by atoms with Crippen LogP contribution in [0.3, 0.4) is 0 Å². The van der Waals surface area contributed by atoms with E-state index in [4.69, 9.17) is 5.41 Å². The average molecular weight is 184 g/mol. The SMILES string of the molecule is CCCCC(=N)C(CC(C)C)NC. The van der Waals surface area contributed by atoms with Crippen LogP contribution in [0.15, 0.2) is 0 Å². The molecule has 0 spiro atoms. The second-order valence-corrected chi connectivity index (χ2v) is 4.10. The zero-order chi connectivity index (χ0) is 10.3. The van der Waals surface area contributed by atoms with E-state index in [0.717, 1.165) is 25.0 Å². The van der Waals surface area contributed by atoms with Gasteiger partial charge in [-0.05, 0) is 32.2 Å². The van der Waals surface area contributed by atoms with Crippen molar-refractivity contribution in [3.05, 3.63) is 0 Å². The van der Waals surface area contributed by atoms with Crippen LogP contribution in [-0.2, 0) is 0 Å². The summed E-state index contributed by atoms with van der Waals surface area (Å²) in [6.45, 7) is 6.58. The van der Waals surface area contributed by atoms with E-state index in [-0.39, 0.29) is 0 Å². The van der Waals surface area contributed by atoms with Gasteiger partial charge in [0, 0.05) is 11.8 Å². The Morgan fingerprint density at radius 1 is 1.38 bits per heavy atom. The molecule has 0 saturated carbocycles. The zero-order valence-electron chi connectivity index (χ0n) is 9.48. The lowest BCUT2D eigenvalue weighted by molar-refractivity contribution is 0.509. The standard InChI is InChI=1S/C11H24N2/c1-5-6-7-10(12)11(13-4)8-9(2)3/h9,11-13H,5-8H2,1-4H3. The van der Waals surface area contributed by atoms with Gasteiger partial charge in [0.05, 0.1) is 0 Å². The molecule has 0 aromatic rings. The van der Waals surface area contributed by atoms with Crippen LogP contribution in [0.1, 0.15) is 46.5 Å². The first-order valence-corrected chi connectivity index (χ1v) is 5.36. The van der Waals surface area contributed by atoms with E-state index in [9.17, 15) is 0 Å². The number of rotatable bonds is 7. The van der Waals surface area contributed by atoms with Gasteiger partial charge in [-0.2, -0.15) is 0 Å². The fourth-order valence-corrected chi connectivity index (χ4v) is 1.45. The van der Waals surface area contributed by atoms with Crippen LogP contribution in [0.4, 0.5) is 0 Å². The molecule has 0 amide bonds. The first kappa shape index (κ1) is 12.6. The second kappa shape index (κ2) is 7.07. The Balaban J connectivity index is 3.85. The lowest BCUT2D eigenvalue weighted by atomic mass is 9.97. The van der Waals surface area contributed by atoms with Crippen molar-refractivity contribution < 1.29 is 0 Å². The number of nitrogens with one attached hydrogen (secondary N) is 2. The van der Waals surface area contributed by atoms with Gasteiger partial charge in [0.1, 0.15) is 0 Å². The summed E-state index contributed by atoms with van der Waals surface area (Å²) in [4.78, 5) is 0. The highest BCUT2D eigenvalue weighted by Gasteiger charge is 2.12. The molecule has 0 saturated heterocycles. The van der Waals surface area contributed by atoms with Gasteiger partial charge in [-0.25, -0.2) is 0 Å². The monoisotopic (exact) mass is 184 g/mol. The van der Waals surface area contributed by atoms with Crippen LogP contribution in [0.5, 0.6) is 0 Å². The Morgan fingerprint density at radius 3 is 2.38 bits per heavy atom. The van der Waals surface area contributed by atoms with Crippen LogP contribution in [0, 0.1) is 11.3 Å². The van der Waals surface area contributed by atoms with E-state index >= 15 is 0 Å². The molecule has 0 heterocycles. The minimum absolute atomic E-state index is 0.298. The van der Waals surface area contributed by atoms with Crippen LogP contribution in [0.25, 0.3) is 0 Å². The third kappa shape index (κ3) is 5.81. The van der Waals surface area contributed by atoms with Gasteiger partial charge in [0.25, 0.3) is 0 Å². The van der Waals surface area contributed by atoms with Crippen molar-refractivity contribution in [2.24, 2.45) is 5.92 Å². The molecule has 0 aromatic heterocycles. The van der Waals surface area contributed by atoms with Gasteiger partial charge in [-0.3, -0.25) is 0 Å². The molecule has 78 valence electrons. The highest BCUT2D eigenvalue weighted by Crippen LogP contribution is 2.08.